The Morgan fingerprint density at radius 1 is 0.917 bits per heavy atom. The van der Waals surface area contributed by atoms with Crippen LogP contribution >= 0.6 is 11.6 Å². The van der Waals surface area contributed by atoms with E-state index in [0.717, 1.165) is 13.8 Å². The number of rotatable bonds is 7. The van der Waals surface area contributed by atoms with Gasteiger partial charge in [-0.2, -0.15) is 0 Å². The van der Waals surface area contributed by atoms with Gasteiger partial charge in [0, 0.05) is 46.5 Å². The zero-order chi connectivity index (χ0) is 35.7. The van der Waals surface area contributed by atoms with Crippen LogP contribution in [0.5, 0.6) is 0 Å². The fourth-order valence-corrected chi connectivity index (χ4v) is 8.81. The summed E-state index contributed by atoms with van der Waals surface area (Å²) in [6.45, 7) is 15.6. The van der Waals surface area contributed by atoms with Gasteiger partial charge in [-0.15, -0.1) is 11.6 Å². The third-order valence-corrected chi connectivity index (χ3v) is 10.9. The first-order chi connectivity index (χ1) is 22.3. The minimum atomic E-state index is -1.86. The van der Waals surface area contributed by atoms with Crippen molar-refractivity contribution >= 4 is 47.4 Å². The molecule has 5 fully saturated rings. The summed E-state index contributed by atoms with van der Waals surface area (Å²) < 4.78 is 49.0. The third kappa shape index (κ3) is 5.67. The van der Waals surface area contributed by atoms with E-state index in [0.29, 0.717) is 0 Å². The van der Waals surface area contributed by atoms with E-state index in [1.807, 2.05) is 13.8 Å². The molecule has 4 heterocycles. The Labute approximate surface area is 283 Å². The minimum absolute atomic E-state index is 0.0349. The molecule has 13 atom stereocenters. The van der Waals surface area contributed by atoms with E-state index in [9.17, 15) is 28.8 Å². The molecule has 1 aliphatic carbocycles. The maximum absolute atomic E-state index is 13.5. The summed E-state index contributed by atoms with van der Waals surface area (Å²) in [5.74, 6) is -6.74. The molecule has 15 heteroatoms. The minimum Gasteiger partial charge on any atom is -0.462 e. The van der Waals surface area contributed by atoms with E-state index in [4.69, 9.17) is 49.5 Å². The number of fused-ring (bicyclic) bond motifs is 3. The molecule has 14 nitrogen and oxygen atoms in total. The van der Waals surface area contributed by atoms with Crippen LogP contribution in [-0.4, -0.2) is 102 Å². The second kappa shape index (κ2) is 12.6. The molecule has 2 spiro atoms. The standard InChI is InChI=1S/C33H43ClO14/c1-13(2)10-22(39)46-21-11-20(42-16(5)35)31(9)26(32(21)12-41-32)29(45-19(8)38)33-15(4)30(40)47-27(33)23(34)14(3)24(48-33)25(43-17(6)36)28(31)44-18(7)37/h13,15,20-21,23-29H,3,10-12H2,1-2,4-9H3/t15-,20-,21+,23-,24-,25+,26+,27-,28-,29-,31-,32+,33-/m0/s1. The van der Waals surface area contributed by atoms with E-state index >= 15 is 0 Å². The highest BCUT2D eigenvalue weighted by Crippen LogP contribution is 2.66. The Balaban J connectivity index is 1.86. The Bertz CT molecular complexity index is 1410. The molecule has 0 aromatic carbocycles. The van der Waals surface area contributed by atoms with Crippen LogP contribution in [0.2, 0.25) is 0 Å². The molecule has 5 rings (SSSR count). The predicted octanol–water partition coefficient (Wildman–Crippen LogP) is 2.34. The maximum Gasteiger partial charge on any atom is 0.312 e. The van der Waals surface area contributed by atoms with E-state index in [1.165, 1.54) is 20.8 Å². The van der Waals surface area contributed by atoms with Crippen LogP contribution in [-0.2, 0) is 66.7 Å². The van der Waals surface area contributed by atoms with Crippen molar-refractivity contribution in [2.75, 3.05) is 6.61 Å². The summed E-state index contributed by atoms with van der Waals surface area (Å²) in [6, 6.07) is 0. The van der Waals surface area contributed by atoms with Gasteiger partial charge in [0.1, 0.15) is 30.0 Å². The van der Waals surface area contributed by atoms with Gasteiger partial charge in [-0.1, -0.05) is 27.4 Å². The molecule has 0 aromatic rings. The van der Waals surface area contributed by atoms with Crippen molar-refractivity contribution in [1.82, 2.24) is 0 Å². The molecular weight excluding hydrogens is 656 g/mol. The zero-order valence-electron chi connectivity index (χ0n) is 28.3. The van der Waals surface area contributed by atoms with Crippen LogP contribution in [0.4, 0.5) is 0 Å². The normalized spacial score (nSPS) is 42.7. The SMILES string of the molecule is C=C1[C@H](Cl)[C@@H]2OC(=O)[C@H](C)[C@]23O[C@@H]1[C@@H](OC(C)=O)[C@H](OC(C)=O)[C@@]1(C)[C@@H](OC(C)=O)C[C@@H](OC(=O)CC(C)C)[C@]2(CO2)[C@@H]1[C@@H]3OC(C)=O. The van der Waals surface area contributed by atoms with Gasteiger partial charge in [-0.3, -0.25) is 28.8 Å². The van der Waals surface area contributed by atoms with Crippen molar-refractivity contribution in [2.24, 2.45) is 23.2 Å². The maximum atomic E-state index is 13.5. The number of alkyl halides is 1. The summed E-state index contributed by atoms with van der Waals surface area (Å²) >= 11 is 7.00. The van der Waals surface area contributed by atoms with Crippen LogP contribution < -0.4 is 0 Å². The zero-order valence-corrected chi connectivity index (χ0v) is 29.0. The molecule has 0 aromatic heterocycles. The summed E-state index contributed by atoms with van der Waals surface area (Å²) in [5, 5.41) is -1.15. The van der Waals surface area contributed by atoms with Gasteiger partial charge >= 0.3 is 35.8 Å². The summed E-state index contributed by atoms with van der Waals surface area (Å²) in [6.07, 6.45) is -9.39. The van der Waals surface area contributed by atoms with Crippen LogP contribution in [0.15, 0.2) is 12.2 Å². The number of ether oxygens (including phenoxy) is 8. The highest BCUT2D eigenvalue weighted by atomic mass is 35.5. The van der Waals surface area contributed by atoms with Crippen LogP contribution in [0.25, 0.3) is 0 Å². The van der Waals surface area contributed by atoms with Gasteiger partial charge in [-0.25, -0.2) is 0 Å². The van der Waals surface area contributed by atoms with Crippen molar-refractivity contribution in [3.63, 3.8) is 0 Å². The average molecular weight is 699 g/mol. The molecule has 266 valence electrons. The fourth-order valence-electron chi connectivity index (χ4n) is 8.44. The predicted molar refractivity (Wildman–Crippen MR) is 162 cm³/mol. The van der Waals surface area contributed by atoms with E-state index < -0.39 is 112 Å². The smallest absolute Gasteiger partial charge is 0.312 e. The molecule has 2 bridgehead atoms. The third-order valence-electron chi connectivity index (χ3n) is 10.4. The van der Waals surface area contributed by atoms with Gasteiger partial charge in [0.15, 0.2) is 23.9 Å². The number of carbonyl (C=O) groups excluding carboxylic acids is 6. The molecule has 0 amide bonds. The Morgan fingerprint density at radius 3 is 2.00 bits per heavy atom. The molecule has 48 heavy (non-hydrogen) atoms. The van der Waals surface area contributed by atoms with Crippen LogP contribution in [0.3, 0.4) is 0 Å². The van der Waals surface area contributed by atoms with E-state index in [2.05, 4.69) is 6.58 Å². The van der Waals surface area contributed by atoms with E-state index in [-0.39, 0.29) is 30.9 Å². The molecule has 4 saturated heterocycles. The van der Waals surface area contributed by atoms with Gasteiger partial charge in [0.2, 0.25) is 0 Å². The second-order valence-electron chi connectivity index (χ2n) is 14.1. The van der Waals surface area contributed by atoms with Crippen molar-refractivity contribution < 1.29 is 66.7 Å². The number of halogens is 1. The molecule has 4 aliphatic heterocycles. The van der Waals surface area contributed by atoms with Crippen molar-refractivity contribution in [3.05, 3.63) is 12.2 Å². The summed E-state index contributed by atoms with van der Waals surface area (Å²) in [4.78, 5) is 78.2. The highest BCUT2D eigenvalue weighted by molar-refractivity contribution is 6.23. The molecular formula is C33H43ClO14. The van der Waals surface area contributed by atoms with Gasteiger partial charge in [0.25, 0.3) is 0 Å². The van der Waals surface area contributed by atoms with Crippen molar-refractivity contribution in [3.8, 4) is 0 Å². The van der Waals surface area contributed by atoms with Crippen LogP contribution in [0.1, 0.15) is 68.2 Å². The number of epoxide rings is 1. The summed E-state index contributed by atoms with van der Waals surface area (Å²) in [7, 11) is 0. The number of carbonyl (C=O) groups is 6. The monoisotopic (exact) mass is 698 g/mol. The van der Waals surface area contributed by atoms with Gasteiger partial charge < -0.3 is 37.9 Å². The quantitative estimate of drug-likeness (QED) is 0.124. The number of esters is 6. The second-order valence-corrected chi connectivity index (χ2v) is 14.5. The first-order valence-electron chi connectivity index (χ1n) is 16.0. The van der Waals surface area contributed by atoms with Crippen LogP contribution in [0, 0.1) is 23.2 Å². The Hall–Kier alpha value is -3.23. The number of hydrogen-bond donors (Lipinski definition) is 0. The molecule has 5 aliphatic rings. The topological polar surface area (TPSA) is 180 Å². The molecule has 0 N–H and O–H groups in total. The number of hydrogen-bond acceptors (Lipinski definition) is 14. The lowest BCUT2D eigenvalue weighted by Gasteiger charge is -2.63. The first kappa shape index (κ1) is 36.1. The highest BCUT2D eigenvalue weighted by Gasteiger charge is 2.82. The largest absolute Gasteiger partial charge is 0.462 e. The Morgan fingerprint density at radius 2 is 1.48 bits per heavy atom. The Kier molecular flexibility index (Phi) is 9.45. The lowest BCUT2D eigenvalue weighted by molar-refractivity contribution is -0.315. The first-order valence-corrected chi connectivity index (χ1v) is 16.5. The lowest BCUT2D eigenvalue weighted by atomic mass is 9.50. The average Bonchev–Trinajstić information content (AvgIpc) is 3.70. The van der Waals surface area contributed by atoms with Crippen molar-refractivity contribution in [2.45, 2.75) is 128 Å². The van der Waals surface area contributed by atoms with Crippen molar-refractivity contribution in [1.29, 1.82) is 0 Å². The van der Waals surface area contributed by atoms with Gasteiger partial charge in [-0.05, 0) is 18.4 Å². The summed E-state index contributed by atoms with van der Waals surface area (Å²) in [5.41, 5.74) is -4.81. The molecule has 0 radical (unpaired) electrons. The lowest BCUT2D eigenvalue weighted by Crippen LogP contribution is -2.78. The van der Waals surface area contributed by atoms with Gasteiger partial charge in [0.05, 0.1) is 23.3 Å². The fraction of sp³-hybridized carbons (Fsp3) is 0.758. The van der Waals surface area contributed by atoms with E-state index in [1.54, 1.807) is 6.92 Å². The molecule has 1 saturated carbocycles. The molecule has 0 unspecified atom stereocenters.